The molecule has 5 heteroatoms. The number of hydrogen-bond acceptors (Lipinski definition) is 5. The zero-order valence-electron chi connectivity index (χ0n) is 20.6. The maximum absolute atomic E-state index is 6.41. The number of benzene rings is 3. The second-order valence-electron chi connectivity index (χ2n) is 9.29. The molecule has 2 heterocycles. The predicted octanol–water partition coefficient (Wildman–Crippen LogP) is 5.88. The van der Waals surface area contributed by atoms with Crippen LogP contribution in [0.1, 0.15) is 35.4 Å². The van der Waals surface area contributed by atoms with Crippen LogP contribution in [0.25, 0.3) is 10.9 Å². The highest BCUT2D eigenvalue weighted by Gasteiger charge is 2.27. The van der Waals surface area contributed by atoms with Crippen molar-refractivity contribution < 1.29 is 14.2 Å². The molecule has 1 aromatic heterocycles. The zero-order valence-corrected chi connectivity index (χ0v) is 20.6. The topological polar surface area (TPSA) is 52.6 Å². The molecule has 0 radical (unpaired) electrons. The molecule has 0 spiro atoms. The third kappa shape index (κ3) is 6.70. The van der Waals surface area contributed by atoms with E-state index in [0.717, 1.165) is 48.1 Å². The van der Waals surface area contributed by atoms with E-state index in [9.17, 15) is 0 Å². The highest BCUT2D eigenvalue weighted by Crippen LogP contribution is 2.30. The third-order valence-electron chi connectivity index (χ3n) is 6.68. The first-order valence-corrected chi connectivity index (χ1v) is 12.9. The monoisotopic (exact) mass is 482 g/mol. The highest BCUT2D eigenvalue weighted by molar-refractivity contribution is 5.78. The van der Waals surface area contributed by atoms with Gasteiger partial charge in [-0.3, -0.25) is 4.98 Å². The van der Waals surface area contributed by atoms with Gasteiger partial charge in [-0.1, -0.05) is 60.7 Å². The molecule has 1 saturated heterocycles. The molecule has 0 amide bonds. The zero-order chi connectivity index (χ0) is 24.4. The Morgan fingerprint density at radius 2 is 1.72 bits per heavy atom. The summed E-state index contributed by atoms with van der Waals surface area (Å²) in [7, 11) is 0. The van der Waals surface area contributed by atoms with Crippen LogP contribution < -0.4 is 10.1 Å². The summed E-state index contributed by atoms with van der Waals surface area (Å²) in [5.74, 6) is 1.27. The van der Waals surface area contributed by atoms with Crippen molar-refractivity contribution in [3.8, 4) is 5.75 Å². The largest absolute Gasteiger partial charge is 0.494 e. The van der Waals surface area contributed by atoms with Crippen LogP contribution in [0.3, 0.4) is 0 Å². The first-order chi connectivity index (χ1) is 17.8. The Hall–Kier alpha value is -3.25. The summed E-state index contributed by atoms with van der Waals surface area (Å²) in [6.45, 7) is 4.43. The number of rotatable bonds is 11. The number of hydrogen-bond donors (Lipinski definition) is 1. The number of aromatic nitrogens is 1. The normalized spacial score (nSPS) is 17.8. The van der Waals surface area contributed by atoms with Crippen molar-refractivity contribution in [2.45, 2.75) is 38.1 Å². The first kappa shape index (κ1) is 24.4. The van der Waals surface area contributed by atoms with Crippen LogP contribution >= 0.6 is 0 Å². The number of fused-ring (bicyclic) bond motifs is 1. The molecule has 1 N–H and O–H groups in total. The van der Waals surface area contributed by atoms with Crippen LogP contribution in [0.2, 0.25) is 0 Å². The minimum Gasteiger partial charge on any atom is -0.494 e. The van der Waals surface area contributed by atoms with Crippen LogP contribution in [-0.2, 0) is 22.7 Å². The fourth-order valence-electron chi connectivity index (χ4n) is 4.72. The number of piperidine rings is 1. The van der Waals surface area contributed by atoms with Crippen molar-refractivity contribution in [1.29, 1.82) is 0 Å². The van der Waals surface area contributed by atoms with E-state index in [2.05, 4.69) is 71.0 Å². The molecule has 5 rings (SSSR count). The van der Waals surface area contributed by atoms with Gasteiger partial charge >= 0.3 is 0 Å². The second-order valence-corrected chi connectivity index (χ2v) is 9.29. The van der Waals surface area contributed by atoms with Gasteiger partial charge in [-0.15, -0.1) is 0 Å². The first-order valence-electron chi connectivity index (χ1n) is 12.9. The minimum atomic E-state index is 0.131. The molecule has 4 aromatic rings. The number of ether oxygens (including phenoxy) is 3. The molecule has 1 aliphatic heterocycles. The summed E-state index contributed by atoms with van der Waals surface area (Å²) in [6, 6.07) is 29.2. The van der Waals surface area contributed by atoms with E-state index < -0.39 is 0 Å². The van der Waals surface area contributed by atoms with Crippen molar-refractivity contribution in [2.75, 3.05) is 26.3 Å². The fraction of sp³-hybridized carbons (Fsp3) is 0.323. The highest BCUT2D eigenvalue weighted by atomic mass is 16.5. The minimum absolute atomic E-state index is 0.131. The van der Waals surface area contributed by atoms with Crippen molar-refractivity contribution in [3.05, 3.63) is 108 Å². The van der Waals surface area contributed by atoms with Crippen molar-refractivity contribution in [2.24, 2.45) is 0 Å². The van der Waals surface area contributed by atoms with Crippen LogP contribution in [-0.4, -0.2) is 37.4 Å². The maximum Gasteiger partial charge on any atom is 0.119 e. The van der Waals surface area contributed by atoms with E-state index >= 15 is 0 Å². The fourth-order valence-corrected chi connectivity index (χ4v) is 4.72. The molecule has 1 aliphatic rings. The van der Waals surface area contributed by atoms with E-state index in [1.54, 1.807) is 0 Å². The van der Waals surface area contributed by atoms with Crippen molar-refractivity contribution >= 4 is 10.9 Å². The summed E-state index contributed by atoms with van der Waals surface area (Å²) in [6.07, 6.45) is 3.89. The maximum atomic E-state index is 6.41. The van der Waals surface area contributed by atoms with E-state index in [-0.39, 0.29) is 6.10 Å². The molecule has 2 atom stereocenters. The van der Waals surface area contributed by atoms with Crippen molar-refractivity contribution in [3.63, 3.8) is 0 Å². The van der Waals surface area contributed by atoms with Gasteiger partial charge in [0.2, 0.25) is 0 Å². The van der Waals surface area contributed by atoms with Crippen LogP contribution in [0.5, 0.6) is 5.75 Å². The summed E-state index contributed by atoms with van der Waals surface area (Å²) in [5.41, 5.74) is 4.67. The quantitative estimate of drug-likeness (QED) is 0.271. The molecule has 5 nitrogen and oxygen atoms in total. The van der Waals surface area contributed by atoms with Gasteiger partial charge in [0, 0.05) is 30.5 Å². The Morgan fingerprint density at radius 1 is 0.833 bits per heavy atom. The van der Waals surface area contributed by atoms with Gasteiger partial charge in [-0.2, -0.15) is 0 Å². The van der Waals surface area contributed by atoms with Gasteiger partial charge in [-0.25, -0.2) is 0 Å². The Balaban J connectivity index is 1.09. The van der Waals surface area contributed by atoms with Crippen LogP contribution in [0.4, 0.5) is 0 Å². The van der Waals surface area contributed by atoms with Crippen LogP contribution in [0, 0.1) is 0 Å². The Bertz CT molecular complexity index is 1210. The van der Waals surface area contributed by atoms with E-state index in [1.165, 1.54) is 11.1 Å². The Kier molecular flexibility index (Phi) is 8.58. The molecular formula is C31H34N2O3. The van der Waals surface area contributed by atoms with E-state index in [1.807, 2.05) is 30.5 Å². The summed E-state index contributed by atoms with van der Waals surface area (Å²) >= 11 is 0. The van der Waals surface area contributed by atoms with Gasteiger partial charge in [-0.05, 0) is 53.9 Å². The Morgan fingerprint density at radius 3 is 2.61 bits per heavy atom. The standard InChI is InChI=1S/C31H34N2O3/c1-2-6-24(7-3-1)22-34-18-5-19-35-28-13-11-26(12-14-28)29-15-17-32-21-31(29)36-23-25-9-10-27-8-4-16-33-30(27)20-25/h1-4,6-14,16,20,29,31-32H,5,15,17-19,21-23H2/t29-,31+/m0/s1. The van der Waals surface area contributed by atoms with Gasteiger partial charge in [0.05, 0.1) is 38.0 Å². The lowest BCUT2D eigenvalue weighted by atomic mass is 9.87. The Labute approximate surface area is 213 Å². The number of nitrogens with one attached hydrogen (secondary N) is 1. The molecule has 0 bridgehead atoms. The SMILES string of the molecule is c1ccc(COCCCOc2ccc([C@@H]3CCNC[C@H]3OCc3ccc4cccnc4c3)cc2)cc1. The smallest absolute Gasteiger partial charge is 0.119 e. The molecule has 1 fully saturated rings. The molecule has 36 heavy (non-hydrogen) atoms. The second kappa shape index (κ2) is 12.6. The molecule has 186 valence electrons. The lowest BCUT2D eigenvalue weighted by Crippen LogP contribution is -2.40. The van der Waals surface area contributed by atoms with E-state index in [0.29, 0.717) is 32.3 Å². The molecular weight excluding hydrogens is 448 g/mol. The molecule has 0 unspecified atom stereocenters. The third-order valence-corrected chi connectivity index (χ3v) is 6.68. The van der Waals surface area contributed by atoms with Gasteiger partial charge in [0.15, 0.2) is 0 Å². The lowest BCUT2D eigenvalue weighted by Gasteiger charge is -2.32. The molecule has 0 saturated carbocycles. The summed E-state index contributed by atoms with van der Waals surface area (Å²) < 4.78 is 18.1. The number of nitrogens with zero attached hydrogens (tertiary/aromatic N) is 1. The predicted molar refractivity (Wildman–Crippen MR) is 143 cm³/mol. The summed E-state index contributed by atoms with van der Waals surface area (Å²) in [4.78, 5) is 4.47. The lowest BCUT2D eigenvalue weighted by molar-refractivity contribution is 0.0106. The van der Waals surface area contributed by atoms with Gasteiger partial charge in [0.1, 0.15) is 5.75 Å². The van der Waals surface area contributed by atoms with Crippen molar-refractivity contribution in [1.82, 2.24) is 10.3 Å². The van der Waals surface area contributed by atoms with Crippen LogP contribution in [0.15, 0.2) is 91.1 Å². The van der Waals surface area contributed by atoms with Gasteiger partial charge < -0.3 is 19.5 Å². The number of pyridine rings is 1. The molecule has 0 aliphatic carbocycles. The van der Waals surface area contributed by atoms with Gasteiger partial charge in [0.25, 0.3) is 0 Å². The molecule has 3 aromatic carbocycles. The average molecular weight is 483 g/mol. The van der Waals surface area contributed by atoms with E-state index in [4.69, 9.17) is 14.2 Å². The average Bonchev–Trinajstić information content (AvgIpc) is 2.95. The summed E-state index contributed by atoms with van der Waals surface area (Å²) in [5, 5.41) is 4.65.